The summed E-state index contributed by atoms with van der Waals surface area (Å²) in [5, 5.41) is 13.8. The van der Waals surface area contributed by atoms with Crippen molar-refractivity contribution in [2.75, 3.05) is 5.32 Å². The number of fused-ring (bicyclic) bond motifs is 1. The zero-order valence-corrected chi connectivity index (χ0v) is 20.7. The molecule has 0 unspecified atom stereocenters. The number of benzene rings is 2. The molecule has 180 valence electrons. The fourth-order valence-electron chi connectivity index (χ4n) is 4.23. The lowest BCUT2D eigenvalue weighted by Crippen LogP contribution is -2.13. The fourth-order valence-corrected chi connectivity index (χ4v) is 4.59. The number of nitrogens with zero attached hydrogens (tertiary/aromatic N) is 1. The summed E-state index contributed by atoms with van der Waals surface area (Å²) in [7, 11) is 1.91. The number of aryl methyl sites for hydroxylation is 1. The molecule has 0 radical (unpaired) electrons. The van der Waals surface area contributed by atoms with Gasteiger partial charge in [-0.3, -0.25) is 14.4 Å². The third kappa shape index (κ3) is 6.61. The van der Waals surface area contributed by atoms with Crippen molar-refractivity contribution in [3.63, 3.8) is 0 Å². The van der Waals surface area contributed by atoms with E-state index in [0.29, 0.717) is 47.0 Å². The number of hydrogen-bond acceptors (Lipinski definition) is 3. The van der Waals surface area contributed by atoms with Crippen molar-refractivity contribution in [3.05, 3.63) is 63.8 Å². The van der Waals surface area contributed by atoms with Crippen LogP contribution in [0.2, 0.25) is 10.0 Å². The number of carboxylic acid groups (broad SMARTS) is 1. The van der Waals surface area contributed by atoms with E-state index < -0.39 is 5.97 Å². The largest absolute Gasteiger partial charge is 0.481 e. The number of aromatic nitrogens is 1. The Morgan fingerprint density at radius 2 is 1.76 bits per heavy atom. The molecule has 3 rings (SSSR count). The SMILES string of the molecule is C[C@H](CC(=O)O)CC(=O)c1c(CCCCC(=O)Nc2cccc(Cl)c2)n(C)c2ccc(Cl)cc12. The fraction of sp³-hybridized carbons (Fsp3) is 0.346. The molecule has 1 aromatic heterocycles. The maximum Gasteiger partial charge on any atom is 0.303 e. The Morgan fingerprint density at radius 3 is 2.47 bits per heavy atom. The summed E-state index contributed by atoms with van der Waals surface area (Å²) in [6.45, 7) is 1.77. The van der Waals surface area contributed by atoms with E-state index in [0.717, 1.165) is 16.6 Å². The molecule has 0 spiro atoms. The smallest absolute Gasteiger partial charge is 0.303 e. The molecule has 0 aliphatic carbocycles. The molecule has 0 saturated carbocycles. The van der Waals surface area contributed by atoms with Gasteiger partial charge in [0.05, 0.1) is 0 Å². The number of aliphatic carboxylic acids is 1. The number of rotatable bonds is 11. The van der Waals surface area contributed by atoms with Gasteiger partial charge in [0.2, 0.25) is 5.91 Å². The first-order chi connectivity index (χ1) is 16.2. The second kappa shape index (κ2) is 11.5. The number of unbranched alkanes of at least 4 members (excludes halogenated alkanes) is 1. The van der Waals surface area contributed by atoms with Crippen LogP contribution in [0, 0.1) is 5.92 Å². The van der Waals surface area contributed by atoms with Crippen LogP contribution in [-0.4, -0.2) is 27.3 Å². The molecule has 1 heterocycles. The van der Waals surface area contributed by atoms with Gasteiger partial charge in [0, 0.05) is 64.2 Å². The zero-order valence-electron chi connectivity index (χ0n) is 19.2. The van der Waals surface area contributed by atoms with Gasteiger partial charge < -0.3 is 15.0 Å². The molecule has 3 aromatic rings. The van der Waals surface area contributed by atoms with Crippen LogP contribution in [0.15, 0.2) is 42.5 Å². The van der Waals surface area contributed by atoms with Crippen LogP contribution < -0.4 is 5.32 Å². The van der Waals surface area contributed by atoms with E-state index in [2.05, 4.69) is 5.32 Å². The third-order valence-electron chi connectivity index (χ3n) is 5.79. The monoisotopic (exact) mass is 502 g/mol. The number of anilines is 1. The Balaban J connectivity index is 1.71. The number of carbonyl (C=O) groups excluding carboxylic acids is 2. The third-order valence-corrected chi connectivity index (χ3v) is 6.26. The topological polar surface area (TPSA) is 88.4 Å². The molecule has 8 heteroatoms. The van der Waals surface area contributed by atoms with E-state index in [-0.39, 0.29) is 30.4 Å². The van der Waals surface area contributed by atoms with Crippen molar-refractivity contribution in [2.24, 2.45) is 13.0 Å². The van der Waals surface area contributed by atoms with Crippen LogP contribution in [-0.2, 0) is 23.1 Å². The van der Waals surface area contributed by atoms with Gasteiger partial charge in [-0.2, -0.15) is 0 Å². The van der Waals surface area contributed by atoms with Crippen molar-refractivity contribution in [1.82, 2.24) is 4.57 Å². The van der Waals surface area contributed by atoms with Gasteiger partial charge in [0.1, 0.15) is 0 Å². The number of ketones is 1. The Morgan fingerprint density at radius 1 is 1.03 bits per heavy atom. The standard InChI is InChI=1S/C26H28Cl2N2O4/c1-16(13-25(33)34)12-23(31)26-20-15-18(28)10-11-21(20)30(2)22(26)8-3-4-9-24(32)29-19-7-5-6-17(27)14-19/h5-7,10-11,14-16H,3-4,8-9,12-13H2,1-2H3,(H,29,32)(H,33,34)/t16-/m0/s1. The number of nitrogens with one attached hydrogen (secondary N) is 1. The summed E-state index contributed by atoms with van der Waals surface area (Å²) in [5.41, 5.74) is 3.03. The molecule has 0 aliphatic heterocycles. The number of hydrogen-bond donors (Lipinski definition) is 2. The van der Waals surface area contributed by atoms with Crippen LogP contribution in [0.5, 0.6) is 0 Å². The molecule has 2 N–H and O–H groups in total. The van der Waals surface area contributed by atoms with Crippen LogP contribution >= 0.6 is 23.2 Å². The molecule has 6 nitrogen and oxygen atoms in total. The van der Waals surface area contributed by atoms with Crippen molar-refractivity contribution in [1.29, 1.82) is 0 Å². The molecule has 2 aromatic carbocycles. The first-order valence-electron chi connectivity index (χ1n) is 11.2. The highest BCUT2D eigenvalue weighted by molar-refractivity contribution is 6.31. The normalized spacial score (nSPS) is 12.0. The van der Waals surface area contributed by atoms with Gasteiger partial charge in [-0.15, -0.1) is 0 Å². The Hall–Kier alpha value is -2.83. The van der Waals surface area contributed by atoms with E-state index >= 15 is 0 Å². The maximum absolute atomic E-state index is 13.2. The highest BCUT2D eigenvalue weighted by atomic mass is 35.5. The van der Waals surface area contributed by atoms with E-state index in [1.54, 1.807) is 43.3 Å². The van der Waals surface area contributed by atoms with E-state index in [4.69, 9.17) is 28.3 Å². The van der Waals surface area contributed by atoms with Gasteiger partial charge in [0.15, 0.2) is 5.78 Å². The number of carboxylic acids is 1. The summed E-state index contributed by atoms with van der Waals surface area (Å²) in [5.74, 6) is -1.37. The number of carbonyl (C=O) groups is 3. The van der Waals surface area contributed by atoms with Gasteiger partial charge >= 0.3 is 5.97 Å². The Labute approximate surface area is 208 Å². The lowest BCUT2D eigenvalue weighted by atomic mass is 9.94. The van der Waals surface area contributed by atoms with Crippen molar-refractivity contribution in [2.45, 2.75) is 45.4 Å². The highest BCUT2D eigenvalue weighted by Crippen LogP contribution is 2.31. The first kappa shape index (κ1) is 25.8. The van der Waals surface area contributed by atoms with E-state index in [1.807, 2.05) is 17.7 Å². The molecule has 0 bridgehead atoms. The minimum absolute atomic E-state index is 0.0612. The minimum Gasteiger partial charge on any atom is -0.481 e. The van der Waals surface area contributed by atoms with Gasteiger partial charge in [0.25, 0.3) is 0 Å². The molecular weight excluding hydrogens is 475 g/mol. The van der Waals surface area contributed by atoms with Crippen molar-refractivity contribution >= 4 is 57.5 Å². The van der Waals surface area contributed by atoms with Crippen LogP contribution in [0.1, 0.15) is 55.1 Å². The summed E-state index contributed by atoms with van der Waals surface area (Å²) in [6, 6.07) is 12.5. The summed E-state index contributed by atoms with van der Waals surface area (Å²) < 4.78 is 1.99. The predicted octanol–water partition coefficient (Wildman–Crippen LogP) is 6.52. The van der Waals surface area contributed by atoms with Crippen LogP contribution in [0.25, 0.3) is 10.9 Å². The number of amides is 1. The van der Waals surface area contributed by atoms with Crippen LogP contribution in [0.4, 0.5) is 5.69 Å². The second-order valence-electron chi connectivity index (χ2n) is 8.64. The molecule has 34 heavy (non-hydrogen) atoms. The Kier molecular flexibility index (Phi) is 8.75. The molecule has 0 fully saturated rings. The summed E-state index contributed by atoms with van der Waals surface area (Å²) >= 11 is 12.2. The van der Waals surface area contributed by atoms with Gasteiger partial charge in [-0.25, -0.2) is 0 Å². The van der Waals surface area contributed by atoms with Gasteiger partial charge in [-0.1, -0.05) is 36.2 Å². The van der Waals surface area contributed by atoms with E-state index in [9.17, 15) is 14.4 Å². The quantitative estimate of drug-likeness (QED) is 0.230. The summed E-state index contributed by atoms with van der Waals surface area (Å²) in [6.07, 6.45) is 2.41. The van der Waals surface area contributed by atoms with Gasteiger partial charge in [-0.05, 0) is 61.6 Å². The Bertz CT molecular complexity index is 1220. The lowest BCUT2D eigenvalue weighted by Gasteiger charge is -2.11. The van der Waals surface area contributed by atoms with E-state index in [1.165, 1.54) is 0 Å². The summed E-state index contributed by atoms with van der Waals surface area (Å²) in [4.78, 5) is 36.6. The number of Topliss-reactive ketones (excluding diaryl/α,β-unsaturated/α-hetero) is 1. The van der Waals surface area contributed by atoms with Crippen molar-refractivity contribution in [3.8, 4) is 0 Å². The first-order valence-corrected chi connectivity index (χ1v) is 12.0. The average molecular weight is 503 g/mol. The second-order valence-corrected chi connectivity index (χ2v) is 9.51. The minimum atomic E-state index is -0.919. The molecule has 1 atom stereocenters. The predicted molar refractivity (Wildman–Crippen MR) is 136 cm³/mol. The molecule has 0 aliphatic rings. The lowest BCUT2D eigenvalue weighted by molar-refractivity contribution is -0.137. The number of halogens is 2. The molecular formula is C26H28Cl2N2O4. The highest BCUT2D eigenvalue weighted by Gasteiger charge is 2.23. The average Bonchev–Trinajstić information content (AvgIpc) is 3.01. The van der Waals surface area contributed by atoms with Crippen LogP contribution in [0.3, 0.4) is 0 Å². The van der Waals surface area contributed by atoms with Crippen molar-refractivity contribution < 1.29 is 19.5 Å². The molecule has 0 saturated heterocycles. The maximum atomic E-state index is 13.2. The molecule has 1 amide bonds. The zero-order chi connectivity index (χ0) is 24.8.